The van der Waals surface area contributed by atoms with Gasteiger partial charge in [-0.05, 0) is 43.9 Å². The molecule has 0 aromatic heterocycles. The van der Waals surface area contributed by atoms with E-state index in [1.807, 2.05) is 0 Å². The van der Waals surface area contributed by atoms with Crippen molar-refractivity contribution < 1.29 is 17.9 Å². The molecule has 0 spiro atoms. The number of nitrogens with one attached hydrogen (secondary N) is 1. The lowest BCUT2D eigenvalue weighted by Crippen LogP contribution is -2.46. The number of esters is 1. The molecule has 0 amide bonds. The van der Waals surface area contributed by atoms with Crippen LogP contribution in [0.3, 0.4) is 0 Å². The molecule has 0 aromatic rings. The zero-order valence-electron chi connectivity index (χ0n) is 13.2. The molecule has 5 unspecified atom stereocenters. The van der Waals surface area contributed by atoms with E-state index in [-0.39, 0.29) is 6.04 Å². The van der Waals surface area contributed by atoms with Gasteiger partial charge in [-0.1, -0.05) is 20.3 Å². The Hall–Kier alpha value is -0.620. The second kappa shape index (κ2) is 6.65. The minimum atomic E-state index is -3.46. The summed E-state index contributed by atoms with van der Waals surface area (Å²) in [5.41, 5.74) is 0. The zero-order chi connectivity index (χ0) is 15.6. The molecule has 0 heterocycles. The number of carbonyl (C=O) groups excluding carboxylic acids is 1. The smallest absolute Gasteiger partial charge is 0.310 e. The number of carbonyl (C=O) groups is 1. The van der Waals surface area contributed by atoms with Crippen molar-refractivity contribution in [3.63, 3.8) is 0 Å². The SMILES string of the molecule is COC(=O)C1CCCC1S(=O)(=O)NC1CCC(C)C(C)C1. The number of hydrogen-bond donors (Lipinski definition) is 1. The maximum Gasteiger partial charge on any atom is 0.310 e. The number of methoxy groups -OCH3 is 1. The van der Waals surface area contributed by atoms with Crippen LogP contribution < -0.4 is 4.72 Å². The molecule has 0 aliphatic heterocycles. The summed E-state index contributed by atoms with van der Waals surface area (Å²) < 4.78 is 32.8. The Morgan fingerprint density at radius 2 is 1.81 bits per heavy atom. The van der Waals surface area contributed by atoms with Crippen molar-refractivity contribution in [3.8, 4) is 0 Å². The van der Waals surface area contributed by atoms with E-state index in [1.165, 1.54) is 7.11 Å². The average Bonchev–Trinajstić information content (AvgIpc) is 2.92. The van der Waals surface area contributed by atoms with Gasteiger partial charge in [-0.3, -0.25) is 4.79 Å². The molecule has 0 bridgehead atoms. The fraction of sp³-hybridized carbons (Fsp3) is 0.933. The van der Waals surface area contributed by atoms with Gasteiger partial charge in [0, 0.05) is 6.04 Å². The molecule has 5 atom stereocenters. The van der Waals surface area contributed by atoms with E-state index >= 15 is 0 Å². The number of rotatable bonds is 4. The van der Waals surface area contributed by atoms with Crippen molar-refractivity contribution in [2.75, 3.05) is 7.11 Å². The van der Waals surface area contributed by atoms with Crippen LogP contribution in [0.15, 0.2) is 0 Å². The second-order valence-electron chi connectivity index (χ2n) is 6.73. The summed E-state index contributed by atoms with van der Waals surface area (Å²) in [5, 5.41) is -0.625. The Morgan fingerprint density at radius 1 is 1.10 bits per heavy atom. The fourth-order valence-electron chi connectivity index (χ4n) is 3.69. The molecular formula is C15H27NO4S. The normalized spacial score (nSPS) is 37.4. The lowest BCUT2D eigenvalue weighted by Gasteiger charge is -2.33. The summed E-state index contributed by atoms with van der Waals surface area (Å²) in [6.07, 6.45) is 4.75. The molecule has 2 aliphatic rings. The highest BCUT2D eigenvalue weighted by Crippen LogP contribution is 2.34. The maximum absolute atomic E-state index is 12.6. The Bertz CT molecular complexity index is 476. The summed E-state index contributed by atoms with van der Waals surface area (Å²) in [5.74, 6) is 0.285. The van der Waals surface area contributed by atoms with Gasteiger partial charge >= 0.3 is 5.97 Å². The minimum Gasteiger partial charge on any atom is -0.469 e. The summed E-state index contributed by atoms with van der Waals surface area (Å²) >= 11 is 0. The Balaban J connectivity index is 2.03. The Labute approximate surface area is 127 Å². The first kappa shape index (κ1) is 16.7. The van der Waals surface area contributed by atoms with Gasteiger partial charge in [0.15, 0.2) is 0 Å². The van der Waals surface area contributed by atoms with Crippen LogP contribution in [0.25, 0.3) is 0 Å². The van der Waals surface area contributed by atoms with Crippen LogP contribution in [0.5, 0.6) is 0 Å². The van der Waals surface area contributed by atoms with Crippen LogP contribution in [0.1, 0.15) is 52.4 Å². The van der Waals surface area contributed by atoms with Gasteiger partial charge in [0.05, 0.1) is 18.3 Å². The minimum absolute atomic E-state index is 0.0140. The van der Waals surface area contributed by atoms with Crippen LogP contribution in [0, 0.1) is 17.8 Å². The van der Waals surface area contributed by atoms with Crippen molar-refractivity contribution >= 4 is 16.0 Å². The van der Waals surface area contributed by atoms with E-state index < -0.39 is 27.2 Å². The highest BCUT2D eigenvalue weighted by atomic mass is 32.2. The molecule has 2 rings (SSSR count). The van der Waals surface area contributed by atoms with E-state index in [0.29, 0.717) is 24.7 Å². The summed E-state index contributed by atoms with van der Waals surface area (Å²) in [6.45, 7) is 4.40. The molecule has 6 heteroatoms. The standard InChI is InChI=1S/C15H27NO4S/c1-10-7-8-12(9-11(10)2)16-21(18,19)14-6-4-5-13(14)15(17)20-3/h10-14,16H,4-9H2,1-3H3. The first-order valence-electron chi connectivity index (χ1n) is 7.94. The first-order chi connectivity index (χ1) is 9.85. The summed E-state index contributed by atoms with van der Waals surface area (Å²) in [7, 11) is -2.13. The van der Waals surface area contributed by atoms with Crippen molar-refractivity contribution in [3.05, 3.63) is 0 Å². The monoisotopic (exact) mass is 317 g/mol. The van der Waals surface area contributed by atoms with Gasteiger partial charge in [0.25, 0.3) is 0 Å². The number of ether oxygens (including phenoxy) is 1. The number of sulfonamides is 1. The fourth-order valence-corrected chi connectivity index (χ4v) is 5.70. The van der Waals surface area contributed by atoms with E-state index in [4.69, 9.17) is 4.74 Å². The highest BCUT2D eigenvalue weighted by molar-refractivity contribution is 7.90. The van der Waals surface area contributed by atoms with Gasteiger partial charge in [-0.25, -0.2) is 13.1 Å². The quantitative estimate of drug-likeness (QED) is 0.806. The maximum atomic E-state index is 12.6. The summed E-state index contributed by atoms with van der Waals surface area (Å²) in [6, 6.07) is 0.0140. The molecular weight excluding hydrogens is 290 g/mol. The third-order valence-electron chi connectivity index (χ3n) is 5.28. The lowest BCUT2D eigenvalue weighted by atomic mass is 9.79. The molecule has 0 radical (unpaired) electrons. The van der Waals surface area contributed by atoms with Gasteiger partial charge in [0.1, 0.15) is 0 Å². The molecule has 1 N–H and O–H groups in total. The van der Waals surface area contributed by atoms with Crippen LogP contribution in [0.4, 0.5) is 0 Å². The topological polar surface area (TPSA) is 72.5 Å². The Kier molecular flexibility index (Phi) is 5.30. The van der Waals surface area contributed by atoms with Gasteiger partial charge < -0.3 is 4.74 Å². The van der Waals surface area contributed by atoms with E-state index in [2.05, 4.69) is 18.6 Å². The molecule has 122 valence electrons. The largest absolute Gasteiger partial charge is 0.469 e. The third kappa shape index (κ3) is 3.77. The Morgan fingerprint density at radius 3 is 2.43 bits per heavy atom. The molecule has 2 saturated carbocycles. The highest BCUT2D eigenvalue weighted by Gasteiger charge is 2.43. The van der Waals surface area contributed by atoms with Crippen molar-refractivity contribution in [2.45, 2.75) is 63.7 Å². The van der Waals surface area contributed by atoms with Crippen LogP contribution in [-0.4, -0.2) is 32.8 Å². The third-order valence-corrected chi connectivity index (χ3v) is 7.31. The van der Waals surface area contributed by atoms with Crippen molar-refractivity contribution in [1.29, 1.82) is 0 Å². The zero-order valence-corrected chi connectivity index (χ0v) is 14.0. The van der Waals surface area contributed by atoms with Crippen molar-refractivity contribution in [1.82, 2.24) is 4.72 Å². The van der Waals surface area contributed by atoms with E-state index in [1.54, 1.807) is 0 Å². The number of hydrogen-bond acceptors (Lipinski definition) is 4. The van der Waals surface area contributed by atoms with Gasteiger partial charge in [-0.2, -0.15) is 0 Å². The predicted octanol–water partition coefficient (Wildman–Crippen LogP) is 2.07. The molecule has 0 aromatic carbocycles. The van der Waals surface area contributed by atoms with Crippen LogP contribution in [0.2, 0.25) is 0 Å². The lowest BCUT2D eigenvalue weighted by molar-refractivity contribution is -0.145. The predicted molar refractivity (Wildman–Crippen MR) is 81.2 cm³/mol. The van der Waals surface area contributed by atoms with E-state index in [0.717, 1.165) is 25.7 Å². The summed E-state index contributed by atoms with van der Waals surface area (Å²) in [4.78, 5) is 11.7. The molecule has 0 saturated heterocycles. The van der Waals surface area contributed by atoms with Crippen LogP contribution >= 0.6 is 0 Å². The molecule has 5 nitrogen and oxygen atoms in total. The molecule has 21 heavy (non-hydrogen) atoms. The van der Waals surface area contributed by atoms with Crippen molar-refractivity contribution in [2.24, 2.45) is 17.8 Å². The van der Waals surface area contributed by atoms with Crippen LogP contribution in [-0.2, 0) is 19.6 Å². The first-order valence-corrected chi connectivity index (χ1v) is 9.48. The molecule has 2 fully saturated rings. The van der Waals surface area contributed by atoms with Gasteiger partial charge in [0.2, 0.25) is 10.0 Å². The van der Waals surface area contributed by atoms with Gasteiger partial charge in [-0.15, -0.1) is 0 Å². The second-order valence-corrected chi connectivity index (χ2v) is 8.66. The average molecular weight is 317 g/mol. The molecule has 2 aliphatic carbocycles. The van der Waals surface area contributed by atoms with E-state index in [9.17, 15) is 13.2 Å².